The van der Waals surface area contributed by atoms with Crippen molar-refractivity contribution >= 4 is 11.9 Å². The molecule has 0 atom stereocenters. The predicted molar refractivity (Wildman–Crippen MR) is 66.4 cm³/mol. The minimum absolute atomic E-state index is 0.0341. The topological polar surface area (TPSA) is 75.6 Å². The van der Waals surface area contributed by atoms with Crippen LogP contribution in [-0.2, 0) is 9.59 Å². The maximum atomic E-state index is 12.6. The normalized spacial score (nSPS) is 9.95. The number of rotatable bonds is 8. The number of halogens is 1. The lowest BCUT2D eigenvalue weighted by molar-refractivity contribution is -0.137. The van der Waals surface area contributed by atoms with E-state index in [1.165, 1.54) is 24.3 Å². The number of hydrogen-bond acceptors (Lipinski definition) is 3. The summed E-state index contributed by atoms with van der Waals surface area (Å²) < 4.78 is 17.9. The summed E-state index contributed by atoms with van der Waals surface area (Å²) in [5, 5.41) is 11.0. The molecule has 0 bridgehead atoms. The summed E-state index contributed by atoms with van der Waals surface area (Å²) in [6, 6.07) is 5.53. The van der Waals surface area contributed by atoms with Gasteiger partial charge in [0.2, 0.25) is 5.91 Å². The Labute approximate surface area is 110 Å². The minimum Gasteiger partial charge on any atom is -0.493 e. The Kier molecular flexibility index (Phi) is 6.35. The number of hydrogen-bond donors (Lipinski definition) is 2. The van der Waals surface area contributed by atoms with Gasteiger partial charge in [-0.3, -0.25) is 9.59 Å². The van der Waals surface area contributed by atoms with Crippen molar-refractivity contribution in [3.63, 3.8) is 0 Å². The van der Waals surface area contributed by atoms with E-state index in [0.717, 1.165) is 0 Å². The number of aliphatic carboxylic acids is 1. The molecule has 0 aliphatic carbocycles. The van der Waals surface area contributed by atoms with Crippen molar-refractivity contribution in [3.8, 4) is 5.75 Å². The Bertz CT molecular complexity index is 419. The molecule has 2 N–H and O–H groups in total. The van der Waals surface area contributed by atoms with Crippen LogP contribution >= 0.6 is 0 Å². The van der Waals surface area contributed by atoms with Crippen LogP contribution in [0.1, 0.15) is 19.3 Å². The van der Waals surface area contributed by atoms with E-state index in [1.807, 2.05) is 0 Å². The summed E-state index contributed by atoms with van der Waals surface area (Å²) in [4.78, 5) is 21.6. The molecule has 1 aromatic rings. The van der Waals surface area contributed by atoms with Crippen LogP contribution in [-0.4, -0.2) is 30.1 Å². The van der Waals surface area contributed by atoms with Crippen molar-refractivity contribution in [2.24, 2.45) is 0 Å². The van der Waals surface area contributed by atoms with Crippen LogP contribution in [0.25, 0.3) is 0 Å². The van der Waals surface area contributed by atoms with Gasteiger partial charge in [0.25, 0.3) is 0 Å². The maximum Gasteiger partial charge on any atom is 0.303 e. The van der Waals surface area contributed by atoms with Crippen molar-refractivity contribution in [2.75, 3.05) is 13.2 Å². The van der Waals surface area contributed by atoms with Crippen LogP contribution in [0.15, 0.2) is 24.3 Å². The number of benzene rings is 1. The molecule has 0 unspecified atom stereocenters. The third kappa shape index (κ3) is 7.03. The molecule has 0 saturated heterocycles. The molecule has 0 aliphatic heterocycles. The lowest BCUT2D eigenvalue weighted by Crippen LogP contribution is -2.26. The minimum atomic E-state index is -0.881. The van der Waals surface area contributed by atoms with Crippen LogP contribution in [0.5, 0.6) is 5.75 Å². The summed E-state index contributed by atoms with van der Waals surface area (Å²) in [5.74, 6) is -0.926. The summed E-state index contributed by atoms with van der Waals surface area (Å²) in [7, 11) is 0. The van der Waals surface area contributed by atoms with E-state index in [9.17, 15) is 14.0 Å². The van der Waals surface area contributed by atoms with Crippen molar-refractivity contribution in [3.05, 3.63) is 30.1 Å². The highest BCUT2D eigenvalue weighted by Gasteiger charge is 2.02. The molecule has 0 radical (unpaired) electrons. The maximum absolute atomic E-state index is 12.6. The molecule has 0 saturated carbocycles. The Hall–Kier alpha value is -2.11. The van der Waals surface area contributed by atoms with Gasteiger partial charge in [0.05, 0.1) is 13.0 Å². The number of carbonyl (C=O) groups excluding carboxylic acids is 1. The van der Waals surface area contributed by atoms with Gasteiger partial charge in [-0.05, 0) is 30.7 Å². The number of carbonyl (C=O) groups is 2. The number of ether oxygens (including phenoxy) is 1. The fraction of sp³-hybridized carbons (Fsp3) is 0.385. The largest absolute Gasteiger partial charge is 0.493 e. The van der Waals surface area contributed by atoms with Gasteiger partial charge < -0.3 is 15.2 Å². The molecule has 0 spiro atoms. The molecular formula is C13H16FNO4. The first-order valence-corrected chi connectivity index (χ1v) is 5.95. The van der Waals surface area contributed by atoms with E-state index >= 15 is 0 Å². The number of carboxylic acid groups (broad SMARTS) is 1. The van der Waals surface area contributed by atoms with Gasteiger partial charge in [-0.15, -0.1) is 0 Å². The Balaban J connectivity index is 2.10. The summed E-state index contributed by atoms with van der Waals surface area (Å²) >= 11 is 0. The number of nitrogens with one attached hydrogen (secondary N) is 1. The quantitative estimate of drug-likeness (QED) is 0.702. The Morgan fingerprint density at radius 1 is 1.21 bits per heavy atom. The van der Waals surface area contributed by atoms with E-state index in [0.29, 0.717) is 18.7 Å². The third-order valence-electron chi connectivity index (χ3n) is 2.30. The van der Waals surface area contributed by atoms with Crippen molar-refractivity contribution < 1.29 is 23.8 Å². The van der Waals surface area contributed by atoms with Crippen molar-refractivity contribution in [1.29, 1.82) is 0 Å². The highest BCUT2D eigenvalue weighted by Crippen LogP contribution is 2.10. The SMILES string of the molecule is O=C(O)CCCNC(=O)CCOc1ccc(F)cc1. The molecule has 0 aromatic heterocycles. The third-order valence-corrected chi connectivity index (χ3v) is 2.30. The molecule has 0 aliphatic rings. The molecule has 0 fully saturated rings. The first-order chi connectivity index (χ1) is 9.08. The Morgan fingerprint density at radius 2 is 1.89 bits per heavy atom. The summed E-state index contributed by atoms with van der Waals surface area (Å²) in [5.41, 5.74) is 0. The zero-order valence-corrected chi connectivity index (χ0v) is 10.4. The number of amides is 1. The van der Waals surface area contributed by atoms with Crippen LogP contribution in [0, 0.1) is 5.82 Å². The summed E-state index contributed by atoms with van der Waals surface area (Å²) in [6.07, 6.45) is 0.608. The molecule has 1 amide bonds. The number of carboxylic acids is 1. The lowest BCUT2D eigenvalue weighted by atomic mass is 10.3. The van der Waals surface area contributed by atoms with Crippen molar-refractivity contribution in [1.82, 2.24) is 5.32 Å². The van der Waals surface area contributed by atoms with Crippen LogP contribution in [0.3, 0.4) is 0 Å². The molecule has 0 heterocycles. The molecule has 19 heavy (non-hydrogen) atoms. The van der Waals surface area contributed by atoms with Gasteiger partial charge in [-0.1, -0.05) is 0 Å². The predicted octanol–water partition coefficient (Wildman–Crippen LogP) is 1.58. The van der Waals surface area contributed by atoms with E-state index in [-0.39, 0.29) is 31.2 Å². The molecule has 5 nitrogen and oxygen atoms in total. The molecule has 1 aromatic carbocycles. The molecular weight excluding hydrogens is 253 g/mol. The van der Waals surface area contributed by atoms with Crippen LogP contribution < -0.4 is 10.1 Å². The molecule has 1 rings (SSSR count). The van der Waals surface area contributed by atoms with E-state index in [1.54, 1.807) is 0 Å². The van der Waals surface area contributed by atoms with E-state index in [4.69, 9.17) is 9.84 Å². The van der Waals surface area contributed by atoms with E-state index in [2.05, 4.69) is 5.32 Å². The second kappa shape index (κ2) is 8.07. The van der Waals surface area contributed by atoms with Crippen molar-refractivity contribution in [2.45, 2.75) is 19.3 Å². The Morgan fingerprint density at radius 3 is 2.53 bits per heavy atom. The fourth-order valence-electron chi connectivity index (χ4n) is 1.35. The average molecular weight is 269 g/mol. The van der Waals surface area contributed by atoms with Crippen LogP contribution in [0.2, 0.25) is 0 Å². The second-order valence-electron chi connectivity index (χ2n) is 3.90. The van der Waals surface area contributed by atoms with E-state index < -0.39 is 5.97 Å². The molecule has 104 valence electrons. The lowest BCUT2D eigenvalue weighted by Gasteiger charge is -2.06. The highest BCUT2D eigenvalue weighted by atomic mass is 19.1. The second-order valence-corrected chi connectivity index (χ2v) is 3.90. The standard InChI is InChI=1S/C13H16FNO4/c14-10-3-5-11(6-4-10)19-9-7-12(16)15-8-1-2-13(17)18/h3-6H,1-2,7-9H2,(H,15,16)(H,17,18). The first-order valence-electron chi connectivity index (χ1n) is 5.95. The first kappa shape index (κ1) is 14.9. The van der Waals surface area contributed by atoms with Crippen LogP contribution in [0.4, 0.5) is 4.39 Å². The van der Waals surface area contributed by atoms with Gasteiger partial charge in [0.1, 0.15) is 11.6 Å². The monoisotopic (exact) mass is 269 g/mol. The zero-order chi connectivity index (χ0) is 14.1. The van der Waals surface area contributed by atoms with Gasteiger partial charge >= 0.3 is 5.97 Å². The fourth-order valence-corrected chi connectivity index (χ4v) is 1.35. The van der Waals surface area contributed by atoms with Gasteiger partial charge in [-0.2, -0.15) is 0 Å². The highest BCUT2D eigenvalue weighted by molar-refractivity contribution is 5.76. The summed E-state index contributed by atoms with van der Waals surface area (Å²) in [6.45, 7) is 0.526. The smallest absolute Gasteiger partial charge is 0.303 e. The molecule has 6 heteroatoms. The van der Waals surface area contributed by atoms with Gasteiger partial charge in [-0.25, -0.2) is 4.39 Å². The van der Waals surface area contributed by atoms with Gasteiger partial charge in [0.15, 0.2) is 0 Å². The zero-order valence-electron chi connectivity index (χ0n) is 10.4. The van der Waals surface area contributed by atoms with Gasteiger partial charge in [0, 0.05) is 13.0 Å². The average Bonchev–Trinajstić information content (AvgIpc) is 2.37.